The quantitative estimate of drug-likeness (QED) is 0.815. The number of amides is 1. The number of carbonyl (C=O) groups excluding carboxylic acids is 2. The summed E-state index contributed by atoms with van der Waals surface area (Å²) in [6.45, 7) is 2.17. The summed E-state index contributed by atoms with van der Waals surface area (Å²) >= 11 is 0. The minimum atomic E-state index is -0.606. The van der Waals surface area contributed by atoms with Crippen LogP contribution in [0.4, 0.5) is 4.39 Å². The average molecular weight is 345 g/mol. The van der Waals surface area contributed by atoms with Crippen LogP contribution in [-0.4, -0.2) is 34.8 Å². The Morgan fingerprint density at radius 3 is 2.76 bits per heavy atom. The van der Waals surface area contributed by atoms with Crippen LogP contribution in [0.3, 0.4) is 0 Å². The molecule has 1 aliphatic rings. The lowest BCUT2D eigenvalue weighted by atomic mass is 10.2. The van der Waals surface area contributed by atoms with Crippen LogP contribution in [0, 0.1) is 5.82 Å². The van der Waals surface area contributed by atoms with E-state index in [0.717, 1.165) is 36.9 Å². The maximum atomic E-state index is 13.1. The Labute approximate surface area is 145 Å². The van der Waals surface area contributed by atoms with E-state index in [1.165, 1.54) is 12.1 Å². The van der Waals surface area contributed by atoms with Gasteiger partial charge in [0.2, 0.25) is 0 Å². The molecular weight excluding hydrogens is 325 g/mol. The Kier molecular flexibility index (Phi) is 5.11. The summed E-state index contributed by atoms with van der Waals surface area (Å²) in [7, 11) is 0. The van der Waals surface area contributed by atoms with Gasteiger partial charge in [0.1, 0.15) is 5.82 Å². The second kappa shape index (κ2) is 7.46. The fourth-order valence-corrected chi connectivity index (χ4v) is 2.91. The minimum absolute atomic E-state index is 0.236. The summed E-state index contributed by atoms with van der Waals surface area (Å²) in [5.41, 5.74) is 2.72. The number of hydrogen-bond donors (Lipinski definition) is 1. The molecule has 25 heavy (non-hydrogen) atoms. The molecular formula is C18H20FN3O3. The van der Waals surface area contributed by atoms with Crippen molar-refractivity contribution in [1.29, 1.82) is 0 Å². The second-order valence-electron chi connectivity index (χ2n) is 5.94. The van der Waals surface area contributed by atoms with Crippen LogP contribution in [0.25, 0.3) is 5.69 Å². The van der Waals surface area contributed by atoms with E-state index >= 15 is 0 Å². The van der Waals surface area contributed by atoms with Crippen molar-refractivity contribution in [2.75, 3.05) is 13.2 Å². The Balaban J connectivity index is 1.78. The number of nitrogens with zero attached hydrogens (tertiary/aromatic N) is 2. The van der Waals surface area contributed by atoms with E-state index in [2.05, 4.69) is 10.4 Å². The first kappa shape index (κ1) is 17.1. The predicted molar refractivity (Wildman–Crippen MR) is 89.1 cm³/mol. The number of ether oxygens (including phenoxy) is 1. The summed E-state index contributed by atoms with van der Waals surface area (Å²) in [5.74, 6) is -1.26. The highest BCUT2D eigenvalue weighted by atomic mass is 19.1. The van der Waals surface area contributed by atoms with Gasteiger partial charge < -0.3 is 10.1 Å². The van der Waals surface area contributed by atoms with Crippen LogP contribution >= 0.6 is 0 Å². The van der Waals surface area contributed by atoms with Gasteiger partial charge in [-0.25, -0.2) is 13.9 Å². The van der Waals surface area contributed by atoms with Crippen molar-refractivity contribution in [3.05, 3.63) is 47.0 Å². The number of carbonyl (C=O) groups is 2. The summed E-state index contributed by atoms with van der Waals surface area (Å²) in [6.07, 6.45) is 3.27. The highest BCUT2D eigenvalue weighted by Crippen LogP contribution is 2.28. The maximum absolute atomic E-state index is 13.1. The van der Waals surface area contributed by atoms with Gasteiger partial charge in [0.25, 0.3) is 5.91 Å². The standard InChI is InChI=1S/C18H20FN3O3/c1-2-10-20-16(23)11-25-18(24)17-14-4-3-5-15(14)22(21-17)13-8-6-12(19)7-9-13/h6-9H,2-5,10-11H2,1H3,(H,20,23). The first-order valence-electron chi connectivity index (χ1n) is 8.40. The molecule has 0 spiro atoms. The van der Waals surface area contributed by atoms with Crippen molar-refractivity contribution < 1.29 is 18.7 Å². The first-order valence-corrected chi connectivity index (χ1v) is 8.40. The molecule has 0 saturated heterocycles. The fourth-order valence-electron chi connectivity index (χ4n) is 2.91. The van der Waals surface area contributed by atoms with Crippen molar-refractivity contribution in [1.82, 2.24) is 15.1 Å². The normalized spacial score (nSPS) is 12.7. The topological polar surface area (TPSA) is 73.2 Å². The van der Waals surface area contributed by atoms with Gasteiger partial charge in [0, 0.05) is 17.8 Å². The van der Waals surface area contributed by atoms with Crippen LogP contribution in [0.5, 0.6) is 0 Å². The van der Waals surface area contributed by atoms with Gasteiger partial charge in [-0.3, -0.25) is 4.79 Å². The van der Waals surface area contributed by atoms with Gasteiger partial charge >= 0.3 is 5.97 Å². The van der Waals surface area contributed by atoms with Crippen LogP contribution in [0.1, 0.15) is 41.5 Å². The van der Waals surface area contributed by atoms with Crippen molar-refractivity contribution in [2.45, 2.75) is 32.6 Å². The molecule has 0 bridgehead atoms. The number of benzene rings is 1. The van der Waals surface area contributed by atoms with Crippen LogP contribution < -0.4 is 5.32 Å². The fraction of sp³-hybridized carbons (Fsp3) is 0.389. The number of fused-ring (bicyclic) bond motifs is 1. The molecule has 0 aliphatic heterocycles. The molecule has 0 unspecified atom stereocenters. The van der Waals surface area contributed by atoms with E-state index in [1.54, 1.807) is 16.8 Å². The lowest BCUT2D eigenvalue weighted by Gasteiger charge is -2.05. The van der Waals surface area contributed by atoms with Crippen LogP contribution in [0.15, 0.2) is 24.3 Å². The molecule has 1 amide bonds. The van der Waals surface area contributed by atoms with Crippen LogP contribution in [-0.2, 0) is 22.4 Å². The van der Waals surface area contributed by atoms with E-state index < -0.39 is 5.97 Å². The smallest absolute Gasteiger partial charge is 0.359 e. The highest BCUT2D eigenvalue weighted by Gasteiger charge is 2.28. The van der Waals surface area contributed by atoms with Crippen molar-refractivity contribution >= 4 is 11.9 Å². The number of nitrogens with one attached hydrogen (secondary N) is 1. The van der Waals surface area contributed by atoms with Crippen LogP contribution in [0.2, 0.25) is 0 Å². The lowest BCUT2D eigenvalue weighted by molar-refractivity contribution is -0.124. The third kappa shape index (κ3) is 3.70. The summed E-state index contributed by atoms with van der Waals surface area (Å²) in [6, 6.07) is 5.95. The average Bonchev–Trinajstić information content (AvgIpc) is 3.21. The molecule has 6 nitrogen and oxygen atoms in total. The van der Waals surface area contributed by atoms with E-state index in [9.17, 15) is 14.0 Å². The van der Waals surface area contributed by atoms with Gasteiger partial charge in [0.05, 0.1) is 5.69 Å². The number of aromatic nitrogens is 2. The predicted octanol–water partition coefficient (Wildman–Crippen LogP) is 2.18. The van der Waals surface area contributed by atoms with E-state index in [-0.39, 0.29) is 24.0 Å². The maximum Gasteiger partial charge on any atom is 0.359 e. The number of halogens is 1. The highest BCUT2D eigenvalue weighted by molar-refractivity contribution is 5.91. The Bertz CT molecular complexity index is 784. The molecule has 7 heteroatoms. The molecule has 1 aliphatic carbocycles. The molecule has 1 heterocycles. The molecule has 2 aromatic rings. The molecule has 132 valence electrons. The Morgan fingerprint density at radius 1 is 1.28 bits per heavy atom. The first-order chi connectivity index (χ1) is 12.1. The number of rotatable bonds is 6. The SMILES string of the molecule is CCCNC(=O)COC(=O)c1nn(-c2ccc(F)cc2)c2c1CCC2. The minimum Gasteiger partial charge on any atom is -0.451 e. The zero-order valence-electron chi connectivity index (χ0n) is 14.0. The summed E-state index contributed by atoms with van der Waals surface area (Å²) in [4.78, 5) is 23.9. The van der Waals surface area contributed by atoms with Gasteiger partial charge in [-0.15, -0.1) is 0 Å². The second-order valence-corrected chi connectivity index (χ2v) is 5.94. The van der Waals surface area contributed by atoms with E-state index in [1.807, 2.05) is 6.92 Å². The van der Waals surface area contributed by atoms with Gasteiger partial charge in [-0.2, -0.15) is 5.10 Å². The third-order valence-corrected chi connectivity index (χ3v) is 4.10. The Morgan fingerprint density at radius 2 is 2.04 bits per heavy atom. The van der Waals surface area contributed by atoms with Crippen molar-refractivity contribution in [3.63, 3.8) is 0 Å². The monoisotopic (exact) mass is 345 g/mol. The molecule has 3 rings (SSSR count). The zero-order chi connectivity index (χ0) is 17.8. The van der Waals surface area contributed by atoms with Crippen molar-refractivity contribution in [3.8, 4) is 5.69 Å². The molecule has 0 saturated carbocycles. The number of esters is 1. The van der Waals surface area contributed by atoms with Gasteiger partial charge in [-0.1, -0.05) is 6.92 Å². The zero-order valence-corrected chi connectivity index (χ0v) is 14.0. The van der Waals surface area contributed by atoms with Gasteiger partial charge in [-0.05, 0) is 49.9 Å². The summed E-state index contributed by atoms with van der Waals surface area (Å²) < 4.78 is 19.9. The van der Waals surface area contributed by atoms with Crippen molar-refractivity contribution in [2.24, 2.45) is 0 Å². The van der Waals surface area contributed by atoms with Gasteiger partial charge in [0.15, 0.2) is 12.3 Å². The lowest BCUT2D eigenvalue weighted by Crippen LogP contribution is -2.29. The Hall–Kier alpha value is -2.70. The third-order valence-electron chi connectivity index (χ3n) is 4.10. The molecule has 1 N–H and O–H groups in total. The molecule has 0 radical (unpaired) electrons. The molecule has 1 aromatic heterocycles. The summed E-state index contributed by atoms with van der Waals surface area (Å²) in [5, 5.41) is 7.01. The molecule has 1 aromatic carbocycles. The molecule has 0 fully saturated rings. The van der Waals surface area contributed by atoms with E-state index in [4.69, 9.17) is 4.74 Å². The largest absolute Gasteiger partial charge is 0.451 e. The van der Waals surface area contributed by atoms with E-state index in [0.29, 0.717) is 12.2 Å². The molecule has 0 atom stereocenters. The number of hydrogen-bond acceptors (Lipinski definition) is 4.